The minimum atomic E-state index is -0.374. The molecule has 128 valence electrons. The molecule has 25 heavy (non-hydrogen) atoms. The lowest BCUT2D eigenvalue weighted by molar-refractivity contribution is 0.404. The van der Waals surface area contributed by atoms with Crippen molar-refractivity contribution >= 4 is 0 Å². The fourth-order valence-electron chi connectivity index (χ4n) is 2.51. The van der Waals surface area contributed by atoms with E-state index in [4.69, 9.17) is 9.47 Å². The zero-order chi connectivity index (χ0) is 17.8. The van der Waals surface area contributed by atoms with Crippen molar-refractivity contribution in [1.29, 1.82) is 0 Å². The van der Waals surface area contributed by atoms with Crippen molar-refractivity contribution in [1.82, 2.24) is 9.78 Å². The molecule has 5 nitrogen and oxygen atoms in total. The molecule has 0 fully saturated rings. The van der Waals surface area contributed by atoms with Crippen molar-refractivity contribution in [2.24, 2.45) is 0 Å². The molecule has 0 N–H and O–H groups in total. The first-order valence-electron chi connectivity index (χ1n) is 7.66. The molecule has 0 aliphatic heterocycles. The summed E-state index contributed by atoms with van der Waals surface area (Å²) in [6.45, 7) is 0.0473. The highest BCUT2D eigenvalue weighted by Crippen LogP contribution is 2.31. The van der Waals surface area contributed by atoms with Crippen LogP contribution in [0.15, 0.2) is 59.4 Å². The Kier molecular flexibility index (Phi) is 4.79. The van der Waals surface area contributed by atoms with E-state index in [1.807, 2.05) is 0 Å². The Morgan fingerprint density at radius 2 is 1.84 bits per heavy atom. The standard InChI is InChI=1S/C19H17FN2O3/c1-24-14-7-9-18(25-2)15(11-14)17-8-10-19(23)22(21-17)12-13-5-3-4-6-16(13)20/h3-11H,12H2,1-2H3. The topological polar surface area (TPSA) is 53.4 Å². The fourth-order valence-corrected chi connectivity index (χ4v) is 2.51. The average molecular weight is 340 g/mol. The maximum absolute atomic E-state index is 13.9. The van der Waals surface area contributed by atoms with Crippen molar-refractivity contribution in [3.8, 4) is 22.8 Å². The second kappa shape index (κ2) is 7.17. The van der Waals surface area contributed by atoms with Crippen LogP contribution in [-0.4, -0.2) is 24.0 Å². The van der Waals surface area contributed by atoms with Gasteiger partial charge in [0.2, 0.25) is 0 Å². The third kappa shape index (κ3) is 3.52. The highest BCUT2D eigenvalue weighted by molar-refractivity contribution is 5.68. The monoisotopic (exact) mass is 340 g/mol. The molecule has 0 atom stereocenters. The fraction of sp³-hybridized carbons (Fsp3) is 0.158. The summed E-state index contributed by atoms with van der Waals surface area (Å²) in [5.41, 5.74) is 1.30. The van der Waals surface area contributed by atoms with E-state index in [0.29, 0.717) is 28.3 Å². The molecule has 1 heterocycles. The number of ether oxygens (including phenoxy) is 2. The molecule has 3 rings (SSSR count). The lowest BCUT2D eigenvalue weighted by Crippen LogP contribution is -2.23. The van der Waals surface area contributed by atoms with Gasteiger partial charge in [-0.3, -0.25) is 4.79 Å². The molecule has 0 saturated heterocycles. The minimum Gasteiger partial charge on any atom is -0.497 e. The van der Waals surface area contributed by atoms with Crippen LogP contribution in [0.5, 0.6) is 11.5 Å². The van der Waals surface area contributed by atoms with Gasteiger partial charge in [0.1, 0.15) is 17.3 Å². The van der Waals surface area contributed by atoms with Crippen LogP contribution in [0.3, 0.4) is 0 Å². The summed E-state index contributed by atoms with van der Waals surface area (Å²) in [6, 6.07) is 14.6. The van der Waals surface area contributed by atoms with E-state index in [9.17, 15) is 9.18 Å². The summed E-state index contributed by atoms with van der Waals surface area (Å²) in [7, 11) is 3.12. The van der Waals surface area contributed by atoms with Gasteiger partial charge in [0.25, 0.3) is 5.56 Å². The normalized spacial score (nSPS) is 10.5. The predicted octanol–water partition coefficient (Wildman–Crippen LogP) is 3.11. The molecule has 2 aromatic carbocycles. The summed E-state index contributed by atoms with van der Waals surface area (Å²) < 4.78 is 25.7. The van der Waals surface area contributed by atoms with Crippen LogP contribution in [0, 0.1) is 5.82 Å². The first-order chi connectivity index (χ1) is 12.1. The molecule has 0 radical (unpaired) electrons. The maximum Gasteiger partial charge on any atom is 0.267 e. The van der Waals surface area contributed by atoms with E-state index in [0.717, 1.165) is 0 Å². The van der Waals surface area contributed by atoms with Gasteiger partial charge >= 0.3 is 0 Å². The third-order valence-corrected chi connectivity index (χ3v) is 3.83. The molecule has 0 saturated carbocycles. The zero-order valence-corrected chi connectivity index (χ0v) is 13.9. The van der Waals surface area contributed by atoms with Crippen LogP contribution >= 0.6 is 0 Å². The van der Waals surface area contributed by atoms with Crippen molar-refractivity contribution in [3.05, 3.63) is 76.3 Å². The van der Waals surface area contributed by atoms with E-state index >= 15 is 0 Å². The van der Waals surface area contributed by atoms with Crippen molar-refractivity contribution < 1.29 is 13.9 Å². The number of aromatic nitrogens is 2. The second-order valence-corrected chi connectivity index (χ2v) is 5.37. The number of nitrogens with zero attached hydrogens (tertiary/aromatic N) is 2. The first kappa shape index (κ1) is 16.7. The number of halogens is 1. The maximum atomic E-state index is 13.9. The lowest BCUT2D eigenvalue weighted by atomic mass is 10.1. The number of methoxy groups -OCH3 is 2. The molecule has 0 amide bonds. The van der Waals surface area contributed by atoms with Crippen LogP contribution in [0.4, 0.5) is 4.39 Å². The van der Waals surface area contributed by atoms with E-state index in [1.54, 1.807) is 56.7 Å². The lowest BCUT2D eigenvalue weighted by Gasteiger charge is -2.12. The Morgan fingerprint density at radius 3 is 2.56 bits per heavy atom. The van der Waals surface area contributed by atoms with Crippen molar-refractivity contribution in [2.45, 2.75) is 6.54 Å². The van der Waals surface area contributed by atoms with Gasteiger partial charge in [-0.1, -0.05) is 18.2 Å². The molecule has 6 heteroatoms. The predicted molar refractivity (Wildman–Crippen MR) is 92.5 cm³/mol. The molecule has 0 bridgehead atoms. The first-order valence-corrected chi connectivity index (χ1v) is 7.66. The highest BCUT2D eigenvalue weighted by atomic mass is 19.1. The summed E-state index contributed by atoms with van der Waals surface area (Å²) in [6.07, 6.45) is 0. The van der Waals surface area contributed by atoms with Crippen molar-refractivity contribution in [3.63, 3.8) is 0 Å². The Morgan fingerprint density at radius 1 is 1.04 bits per heavy atom. The van der Waals surface area contributed by atoms with Gasteiger partial charge in [-0.25, -0.2) is 9.07 Å². The minimum absolute atomic E-state index is 0.0473. The Balaban J connectivity index is 2.05. The van der Waals surface area contributed by atoms with E-state index in [2.05, 4.69) is 5.10 Å². The van der Waals surface area contributed by atoms with Gasteiger partial charge < -0.3 is 9.47 Å². The Hall–Kier alpha value is -3.15. The van der Waals surface area contributed by atoms with Gasteiger partial charge in [-0.2, -0.15) is 5.10 Å². The molecule has 0 unspecified atom stereocenters. The van der Waals surface area contributed by atoms with Gasteiger partial charge in [0, 0.05) is 17.2 Å². The smallest absolute Gasteiger partial charge is 0.267 e. The number of hydrogen-bond donors (Lipinski definition) is 0. The quantitative estimate of drug-likeness (QED) is 0.716. The van der Waals surface area contributed by atoms with Gasteiger partial charge in [-0.15, -0.1) is 0 Å². The Labute approximate surface area is 144 Å². The summed E-state index contributed by atoms with van der Waals surface area (Å²) >= 11 is 0. The van der Waals surface area contributed by atoms with Gasteiger partial charge in [0.05, 0.1) is 26.5 Å². The zero-order valence-electron chi connectivity index (χ0n) is 13.9. The largest absolute Gasteiger partial charge is 0.497 e. The van der Waals surface area contributed by atoms with Crippen LogP contribution in [-0.2, 0) is 6.54 Å². The number of rotatable bonds is 5. The molecule has 0 spiro atoms. The van der Waals surface area contributed by atoms with E-state index in [-0.39, 0.29) is 17.9 Å². The van der Waals surface area contributed by atoms with Crippen LogP contribution in [0.1, 0.15) is 5.56 Å². The number of hydrogen-bond acceptors (Lipinski definition) is 4. The molecule has 0 aliphatic carbocycles. The molecule has 0 aliphatic rings. The second-order valence-electron chi connectivity index (χ2n) is 5.37. The van der Waals surface area contributed by atoms with Gasteiger partial charge in [0.15, 0.2) is 0 Å². The molecule has 1 aromatic heterocycles. The summed E-state index contributed by atoms with van der Waals surface area (Å²) in [4.78, 5) is 12.1. The van der Waals surface area contributed by atoms with Crippen LogP contribution in [0.2, 0.25) is 0 Å². The summed E-state index contributed by atoms with van der Waals surface area (Å²) in [5.74, 6) is 0.870. The Bertz CT molecular complexity index is 953. The number of benzene rings is 2. The van der Waals surface area contributed by atoms with Gasteiger partial charge in [-0.05, 0) is 30.3 Å². The van der Waals surface area contributed by atoms with Crippen molar-refractivity contribution in [2.75, 3.05) is 14.2 Å². The van der Waals surface area contributed by atoms with E-state index < -0.39 is 0 Å². The summed E-state index contributed by atoms with van der Waals surface area (Å²) in [5, 5.41) is 4.36. The molecular weight excluding hydrogens is 323 g/mol. The SMILES string of the molecule is COc1ccc(OC)c(-c2ccc(=O)n(Cc3ccccc3F)n2)c1. The van der Waals surface area contributed by atoms with Crippen LogP contribution in [0.25, 0.3) is 11.3 Å². The van der Waals surface area contributed by atoms with Crippen LogP contribution < -0.4 is 15.0 Å². The molecule has 3 aromatic rings. The third-order valence-electron chi connectivity index (χ3n) is 3.83. The molecular formula is C19H17FN2O3. The van der Waals surface area contributed by atoms with E-state index in [1.165, 1.54) is 16.8 Å². The average Bonchev–Trinajstić information content (AvgIpc) is 2.64. The highest BCUT2D eigenvalue weighted by Gasteiger charge is 2.12.